The molecular weight excluding hydrogens is 408 g/mol. The van der Waals surface area contributed by atoms with Crippen LogP contribution in [0.2, 0.25) is 0 Å². The van der Waals surface area contributed by atoms with Crippen molar-refractivity contribution in [3.8, 4) is 11.5 Å². The maximum Gasteiger partial charge on any atom is 0.198 e. The fourth-order valence-corrected chi connectivity index (χ4v) is 5.22. The minimum atomic E-state index is -1.14. The number of hydrogen-bond donors (Lipinski definition) is 0. The standard InChI is InChI=1S/C26H38O6/c1-24(2,3)32-23-10-9-21-20(22(27)11-12-25(21,23)4)16-26(30-7,31-8)17-13-18(28-5)15-19(14-17)29-6/h13-15,23H,9-12,16H2,1-8H3/t23-,25-/m0/s1. The van der Waals surface area contributed by atoms with Crippen molar-refractivity contribution < 1.29 is 28.5 Å². The molecule has 0 radical (unpaired) electrons. The van der Waals surface area contributed by atoms with E-state index in [-0.39, 0.29) is 22.9 Å². The van der Waals surface area contributed by atoms with Crippen LogP contribution in [-0.4, -0.2) is 45.9 Å². The van der Waals surface area contributed by atoms with Crippen molar-refractivity contribution in [2.45, 2.75) is 77.3 Å². The van der Waals surface area contributed by atoms with Crippen molar-refractivity contribution in [3.05, 3.63) is 34.9 Å². The van der Waals surface area contributed by atoms with Crippen LogP contribution in [0.15, 0.2) is 29.3 Å². The molecule has 0 spiro atoms. The molecular formula is C26H38O6. The highest BCUT2D eigenvalue weighted by molar-refractivity contribution is 5.97. The van der Waals surface area contributed by atoms with E-state index in [4.69, 9.17) is 23.7 Å². The van der Waals surface area contributed by atoms with Gasteiger partial charge in [0.2, 0.25) is 0 Å². The van der Waals surface area contributed by atoms with E-state index < -0.39 is 5.79 Å². The Balaban J connectivity index is 2.06. The van der Waals surface area contributed by atoms with Crippen LogP contribution in [0.5, 0.6) is 11.5 Å². The first-order chi connectivity index (χ1) is 15.0. The molecule has 0 N–H and O–H groups in total. The van der Waals surface area contributed by atoms with Crippen LogP contribution in [0, 0.1) is 5.41 Å². The zero-order chi connectivity index (χ0) is 23.7. The molecule has 6 nitrogen and oxygen atoms in total. The highest BCUT2D eigenvalue weighted by Gasteiger charge is 2.50. The van der Waals surface area contributed by atoms with Gasteiger partial charge in [-0.15, -0.1) is 0 Å². The van der Waals surface area contributed by atoms with Crippen LogP contribution in [0.3, 0.4) is 0 Å². The van der Waals surface area contributed by atoms with Crippen LogP contribution in [-0.2, 0) is 24.8 Å². The summed E-state index contributed by atoms with van der Waals surface area (Å²) in [4.78, 5) is 13.2. The lowest BCUT2D eigenvalue weighted by molar-refractivity contribution is -0.215. The molecule has 0 heterocycles. The number of rotatable bonds is 8. The van der Waals surface area contributed by atoms with Gasteiger partial charge < -0.3 is 23.7 Å². The molecule has 0 amide bonds. The number of ether oxygens (including phenoxy) is 5. The van der Waals surface area contributed by atoms with Crippen molar-refractivity contribution in [1.29, 1.82) is 0 Å². The van der Waals surface area contributed by atoms with Crippen LogP contribution < -0.4 is 9.47 Å². The summed E-state index contributed by atoms with van der Waals surface area (Å²) < 4.78 is 29.3. The maximum atomic E-state index is 13.2. The lowest BCUT2D eigenvalue weighted by atomic mass is 9.69. The average Bonchev–Trinajstić information content (AvgIpc) is 3.08. The number of benzene rings is 1. The predicted octanol–water partition coefficient (Wildman–Crippen LogP) is 5.18. The van der Waals surface area contributed by atoms with E-state index in [0.29, 0.717) is 24.3 Å². The lowest BCUT2D eigenvalue weighted by Crippen LogP contribution is -2.41. The smallest absolute Gasteiger partial charge is 0.198 e. The van der Waals surface area contributed by atoms with Gasteiger partial charge in [0, 0.05) is 49.7 Å². The Kier molecular flexibility index (Phi) is 7.08. The Morgan fingerprint density at radius 3 is 2.06 bits per heavy atom. The maximum absolute atomic E-state index is 13.2. The van der Waals surface area contributed by atoms with Gasteiger partial charge in [0.1, 0.15) is 11.5 Å². The molecule has 0 aliphatic heterocycles. The topological polar surface area (TPSA) is 63.2 Å². The number of hydrogen-bond acceptors (Lipinski definition) is 6. The van der Waals surface area contributed by atoms with Gasteiger partial charge in [-0.25, -0.2) is 0 Å². The summed E-state index contributed by atoms with van der Waals surface area (Å²) in [6, 6.07) is 5.54. The van der Waals surface area contributed by atoms with Crippen molar-refractivity contribution in [1.82, 2.24) is 0 Å². The minimum Gasteiger partial charge on any atom is -0.497 e. The molecule has 0 bridgehead atoms. The monoisotopic (exact) mass is 446 g/mol. The van der Waals surface area contributed by atoms with Crippen molar-refractivity contribution >= 4 is 5.78 Å². The van der Waals surface area contributed by atoms with E-state index in [1.54, 1.807) is 34.5 Å². The number of fused-ring (bicyclic) bond motifs is 1. The number of Topliss-reactive ketones (excluding diaryl/α,β-unsaturated/α-hetero) is 1. The number of carbonyl (C=O) groups is 1. The van der Waals surface area contributed by atoms with Gasteiger partial charge in [0.15, 0.2) is 11.6 Å². The molecule has 1 aromatic carbocycles. The summed E-state index contributed by atoms with van der Waals surface area (Å²) in [5.74, 6) is 0.299. The van der Waals surface area contributed by atoms with E-state index in [1.807, 2.05) is 12.1 Å². The van der Waals surface area contributed by atoms with Gasteiger partial charge in [0.25, 0.3) is 0 Å². The SMILES string of the molecule is COc1cc(OC)cc(C(CC2=C3CC[C@H](OC(C)(C)C)[C@@]3(C)CCC2=O)(OC)OC)c1. The van der Waals surface area contributed by atoms with E-state index in [0.717, 1.165) is 30.4 Å². The molecule has 1 aromatic rings. The quantitative estimate of drug-likeness (QED) is 0.513. The lowest BCUT2D eigenvalue weighted by Gasteiger charge is -2.41. The first-order valence-electron chi connectivity index (χ1n) is 11.3. The fraction of sp³-hybridized carbons (Fsp3) is 0.654. The molecule has 1 saturated carbocycles. The number of carbonyl (C=O) groups excluding carboxylic acids is 1. The molecule has 2 aliphatic carbocycles. The van der Waals surface area contributed by atoms with Gasteiger partial charge >= 0.3 is 0 Å². The molecule has 32 heavy (non-hydrogen) atoms. The Morgan fingerprint density at radius 2 is 1.56 bits per heavy atom. The summed E-state index contributed by atoms with van der Waals surface area (Å²) >= 11 is 0. The van der Waals surface area contributed by atoms with Gasteiger partial charge in [-0.2, -0.15) is 0 Å². The third-order valence-electron chi connectivity index (χ3n) is 6.98. The summed E-state index contributed by atoms with van der Waals surface area (Å²) in [5.41, 5.74) is 2.36. The van der Waals surface area contributed by atoms with E-state index >= 15 is 0 Å². The second-order valence-electron chi connectivity index (χ2n) is 9.99. The Hall–Kier alpha value is -1.89. The average molecular weight is 447 g/mol. The predicted molar refractivity (Wildman–Crippen MR) is 123 cm³/mol. The summed E-state index contributed by atoms with van der Waals surface area (Å²) in [6.45, 7) is 8.51. The van der Waals surface area contributed by atoms with E-state index in [2.05, 4.69) is 27.7 Å². The van der Waals surface area contributed by atoms with Crippen molar-refractivity contribution in [2.24, 2.45) is 5.41 Å². The molecule has 2 aliphatic rings. The molecule has 0 saturated heterocycles. The van der Waals surface area contributed by atoms with Gasteiger partial charge in [0.05, 0.1) is 25.9 Å². The molecule has 3 rings (SSSR count). The summed E-state index contributed by atoms with van der Waals surface area (Å²) in [6.07, 6.45) is 3.50. The Labute approximate surface area is 192 Å². The second-order valence-corrected chi connectivity index (χ2v) is 9.99. The van der Waals surface area contributed by atoms with Gasteiger partial charge in [-0.05, 0) is 52.2 Å². The normalized spacial score (nSPS) is 24.0. The first kappa shape index (κ1) is 24.7. The molecule has 0 unspecified atom stereocenters. The van der Waals surface area contributed by atoms with Crippen molar-refractivity contribution in [3.63, 3.8) is 0 Å². The molecule has 1 fully saturated rings. The van der Waals surface area contributed by atoms with Gasteiger partial charge in [-0.1, -0.05) is 12.5 Å². The Morgan fingerprint density at radius 1 is 0.969 bits per heavy atom. The Bertz CT molecular complexity index is 855. The van der Waals surface area contributed by atoms with E-state index in [9.17, 15) is 4.79 Å². The minimum absolute atomic E-state index is 0.0944. The molecule has 0 aromatic heterocycles. The van der Waals surface area contributed by atoms with Gasteiger partial charge in [-0.3, -0.25) is 4.79 Å². The molecule has 178 valence electrons. The third kappa shape index (κ3) is 4.59. The van der Waals surface area contributed by atoms with Crippen molar-refractivity contribution in [2.75, 3.05) is 28.4 Å². The molecule has 2 atom stereocenters. The number of ketones is 1. The number of methoxy groups -OCH3 is 4. The molecule has 6 heteroatoms. The van der Waals surface area contributed by atoms with Crippen LogP contribution in [0.4, 0.5) is 0 Å². The fourth-order valence-electron chi connectivity index (χ4n) is 5.22. The highest BCUT2D eigenvalue weighted by atomic mass is 16.7. The first-order valence-corrected chi connectivity index (χ1v) is 11.3. The highest BCUT2D eigenvalue weighted by Crippen LogP contribution is 2.54. The van der Waals surface area contributed by atoms with Crippen LogP contribution in [0.25, 0.3) is 0 Å². The van der Waals surface area contributed by atoms with Crippen LogP contribution in [0.1, 0.15) is 65.4 Å². The zero-order valence-corrected chi connectivity index (χ0v) is 20.8. The third-order valence-corrected chi connectivity index (χ3v) is 6.98. The van der Waals surface area contributed by atoms with Crippen LogP contribution >= 0.6 is 0 Å². The second kappa shape index (κ2) is 9.16. The summed E-state index contributed by atoms with van der Waals surface area (Å²) in [5, 5.41) is 0. The zero-order valence-electron chi connectivity index (χ0n) is 20.8. The largest absolute Gasteiger partial charge is 0.497 e. The van der Waals surface area contributed by atoms with E-state index in [1.165, 1.54) is 5.57 Å². The summed E-state index contributed by atoms with van der Waals surface area (Å²) in [7, 11) is 6.42.